The number of ketones is 2. The number of rotatable bonds is 20. The molecule has 0 radical (unpaired) electrons. The summed E-state index contributed by atoms with van der Waals surface area (Å²) in [7, 11) is 1.58. The fraction of sp³-hybridized carbons (Fsp3) is 0.279. The molecule has 3 aliphatic carbocycles. The van der Waals surface area contributed by atoms with Gasteiger partial charge >= 0.3 is 30.3 Å². The topological polar surface area (TPSA) is 190 Å². The summed E-state index contributed by atoms with van der Waals surface area (Å²) in [6, 6.07) is 54.6. The molecule has 1 unspecified atom stereocenters. The number of ether oxygens (including phenoxy) is 6. The normalized spacial score (nSPS) is 12.5. The van der Waals surface area contributed by atoms with Crippen LogP contribution in [-0.4, -0.2) is 111 Å². The molecule has 0 heterocycles. The lowest BCUT2D eigenvalue weighted by molar-refractivity contribution is -0.144. The van der Waals surface area contributed by atoms with Crippen LogP contribution in [0.5, 0.6) is 5.75 Å². The van der Waals surface area contributed by atoms with Gasteiger partial charge in [0, 0.05) is 50.3 Å². The van der Waals surface area contributed by atoms with E-state index in [9.17, 15) is 33.6 Å². The van der Waals surface area contributed by atoms with Gasteiger partial charge in [0.2, 0.25) is 0 Å². The van der Waals surface area contributed by atoms with Crippen LogP contribution in [0.4, 0.5) is 14.4 Å². The van der Waals surface area contributed by atoms with E-state index in [4.69, 9.17) is 23.7 Å². The first-order valence-corrected chi connectivity index (χ1v) is 29.2. The predicted molar refractivity (Wildman–Crippen MR) is 322 cm³/mol. The number of carbonyl (C=O) groups excluding carboxylic acids is 7. The zero-order valence-electron chi connectivity index (χ0n) is 47.7. The summed E-state index contributed by atoms with van der Waals surface area (Å²) in [5.74, 6) is 0.272. The molecule has 1 atom stereocenters. The zero-order chi connectivity index (χ0) is 59.5. The van der Waals surface area contributed by atoms with Crippen LogP contribution in [-0.2, 0) is 49.3 Å². The van der Waals surface area contributed by atoms with Crippen molar-refractivity contribution in [2.75, 3.05) is 58.6 Å². The first-order valence-electron chi connectivity index (χ1n) is 27.8. The second kappa shape index (κ2) is 29.8. The molecule has 0 aromatic heterocycles. The van der Waals surface area contributed by atoms with Gasteiger partial charge in [0.05, 0.1) is 12.6 Å². The van der Waals surface area contributed by atoms with E-state index in [2.05, 4.69) is 70.7 Å². The second-order valence-corrected chi connectivity index (χ2v) is 21.3. The molecule has 0 saturated carbocycles. The Balaban J connectivity index is 0.000000196. The van der Waals surface area contributed by atoms with Crippen LogP contribution in [0.25, 0.3) is 33.4 Å². The van der Waals surface area contributed by atoms with E-state index in [0.717, 1.165) is 78.1 Å². The molecule has 7 aromatic rings. The van der Waals surface area contributed by atoms with Gasteiger partial charge in [-0.2, -0.15) is 11.8 Å². The number of Topliss-reactive ketones (excluding diaryl/α,β-unsaturated/α-hetero) is 2. The van der Waals surface area contributed by atoms with Crippen molar-refractivity contribution in [1.82, 2.24) is 10.2 Å². The molecule has 0 aliphatic heterocycles. The molecule has 7 aromatic carbocycles. The van der Waals surface area contributed by atoms with Crippen LogP contribution in [0, 0.1) is 0 Å². The van der Waals surface area contributed by atoms with Crippen LogP contribution in [0.1, 0.15) is 90.3 Å². The van der Waals surface area contributed by atoms with E-state index < -0.39 is 30.4 Å². The number of thioether (sulfide) groups is 1. The molecular weight excluding hydrogens is 1080 g/mol. The lowest BCUT2D eigenvalue weighted by atomic mass is 9.98. The van der Waals surface area contributed by atoms with Gasteiger partial charge in [-0.1, -0.05) is 158 Å². The van der Waals surface area contributed by atoms with E-state index in [1.54, 1.807) is 43.1 Å². The van der Waals surface area contributed by atoms with Crippen molar-refractivity contribution >= 4 is 53.6 Å². The average Bonchev–Trinajstić information content (AvgIpc) is 2.06. The van der Waals surface area contributed by atoms with Gasteiger partial charge in [0.15, 0.2) is 5.78 Å². The first-order chi connectivity index (χ1) is 40.7. The predicted octanol–water partition coefficient (Wildman–Crippen LogP) is 12.7. The first kappa shape index (κ1) is 61.1. The van der Waals surface area contributed by atoms with Crippen LogP contribution in [0.15, 0.2) is 170 Å². The van der Waals surface area contributed by atoms with E-state index in [1.165, 1.54) is 25.7 Å². The summed E-state index contributed by atoms with van der Waals surface area (Å²) in [5, 5.41) is 2.65. The van der Waals surface area contributed by atoms with Crippen LogP contribution in [0.2, 0.25) is 0 Å². The van der Waals surface area contributed by atoms with Crippen molar-refractivity contribution < 1.29 is 62.0 Å². The highest BCUT2D eigenvalue weighted by molar-refractivity contribution is 7.98. The molecule has 0 fully saturated rings. The smallest absolute Gasteiger partial charge is 0.465 e. The highest BCUT2D eigenvalue weighted by Gasteiger charge is 2.32. The number of carbonyl (C=O) groups is 7. The number of alkyl carbamates (subject to hydrolysis) is 1. The van der Waals surface area contributed by atoms with E-state index in [-0.39, 0.29) is 81.1 Å². The molecule has 2 amide bonds. The standard InChI is InChI=1S/C35H31NO5.C28H27NO6.C5H10O2S/c1-22(37)33(36-35(39)41-21-32-29-16-8-4-12-25(29)26-13-5-9-17-30(26)32)18-19-34(38)40-20-31-27-14-6-2-10-23(27)24-11-3-7-15-28(24)31;1-19(30)17-20-11-13-21(14-12-20)35-28(32)33-16-15-29(2)27(31)34-18-26-24-9-5-3-7-22(24)23-8-4-6-10-25(23)26;1-5(6)7-3-4-8-2/h2-17,31-33H,18-21H2,1H3,(H,36,39);3-14,26H,15-18H2,1-2H3;3-4H2,1-2H3. The van der Waals surface area contributed by atoms with Crippen LogP contribution in [0.3, 0.4) is 0 Å². The fourth-order valence-corrected chi connectivity index (χ4v) is 10.8. The number of esters is 2. The lowest BCUT2D eigenvalue weighted by Crippen LogP contribution is -2.40. The van der Waals surface area contributed by atoms with Crippen LogP contribution < -0.4 is 10.1 Å². The molecule has 0 bridgehead atoms. The Morgan fingerprint density at radius 2 is 0.929 bits per heavy atom. The quantitative estimate of drug-likeness (QED) is 0.0328. The van der Waals surface area contributed by atoms with Crippen LogP contribution >= 0.6 is 11.8 Å². The molecule has 3 aliphatic rings. The van der Waals surface area contributed by atoms with Gasteiger partial charge in [0.1, 0.15) is 44.6 Å². The molecule has 434 valence electrons. The number of nitrogens with one attached hydrogen (secondary N) is 1. The Labute approximate surface area is 494 Å². The van der Waals surface area contributed by atoms with Crippen molar-refractivity contribution in [1.29, 1.82) is 0 Å². The Kier molecular flexibility index (Phi) is 21.7. The average molecular weight is 1150 g/mol. The third-order valence-corrected chi connectivity index (χ3v) is 15.2. The Morgan fingerprint density at radius 1 is 0.512 bits per heavy atom. The maximum Gasteiger partial charge on any atom is 0.513 e. The molecule has 1 N–H and O–H groups in total. The van der Waals surface area contributed by atoms with Gasteiger partial charge in [-0.3, -0.25) is 19.2 Å². The monoisotopic (exact) mass is 1150 g/mol. The number of hydrogen-bond donors (Lipinski definition) is 1. The molecule has 0 saturated heterocycles. The van der Waals surface area contributed by atoms with Crippen molar-refractivity contribution in [3.8, 4) is 39.1 Å². The SMILES string of the molecule is CC(=O)C(CCC(=O)OCC1c2ccccc2-c2ccccc21)NC(=O)OCC1c2ccccc2-c2ccccc21.CC(=O)Cc1ccc(OC(=O)OCCN(C)C(=O)OCC2c3ccccc3-c3ccccc32)cc1.CSCCOC(C)=O. The van der Waals surface area contributed by atoms with Gasteiger partial charge in [-0.05, 0) is 111 Å². The summed E-state index contributed by atoms with van der Waals surface area (Å²) in [6.45, 7) is 5.57. The maximum absolute atomic E-state index is 12.7. The minimum absolute atomic E-state index is 0.00388. The summed E-state index contributed by atoms with van der Waals surface area (Å²) in [5.41, 5.74) is 14.6. The summed E-state index contributed by atoms with van der Waals surface area (Å²) < 4.78 is 31.6. The molecule has 84 heavy (non-hydrogen) atoms. The molecule has 10 rings (SSSR count). The summed E-state index contributed by atoms with van der Waals surface area (Å²) in [4.78, 5) is 84.7. The van der Waals surface area contributed by atoms with E-state index >= 15 is 0 Å². The van der Waals surface area contributed by atoms with E-state index in [1.807, 2.05) is 91.2 Å². The minimum atomic E-state index is -0.870. The zero-order valence-corrected chi connectivity index (χ0v) is 48.5. The second-order valence-electron chi connectivity index (χ2n) is 20.4. The number of hydrogen-bond acceptors (Lipinski definition) is 14. The fourth-order valence-electron chi connectivity index (χ4n) is 10.5. The van der Waals surface area contributed by atoms with E-state index in [0.29, 0.717) is 18.8 Å². The third-order valence-electron chi connectivity index (χ3n) is 14.6. The number of benzene rings is 7. The van der Waals surface area contributed by atoms with Gasteiger partial charge < -0.3 is 38.6 Å². The van der Waals surface area contributed by atoms with Gasteiger partial charge in [-0.25, -0.2) is 14.4 Å². The lowest BCUT2D eigenvalue weighted by Gasteiger charge is -2.19. The molecule has 16 heteroatoms. The molecule has 0 spiro atoms. The Hall–Kier alpha value is -9.02. The minimum Gasteiger partial charge on any atom is -0.465 e. The van der Waals surface area contributed by atoms with Crippen molar-refractivity contribution in [2.45, 2.75) is 63.8 Å². The number of nitrogens with zero attached hydrogens (tertiary/aromatic N) is 1. The highest BCUT2D eigenvalue weighted by Crippen LogP contribution is 2.47. The number of amides is 2. The largest absolute Gasteiger partial charge is 0.513 e. The number of fused-ring (bicyclic) bond motifs is 9. The van der Waals surface area contributed by atoms with Crippen molar-refractivity contribution in [3.63, 3.8) is 0 Å². The highest BCUT2D eigenvalue weighted by atomic mass is 32.2. The molecular formula is C68H68N2O13S. The summed E-state index contributed by atoms with van der Waals surface area (Å²) in [6.07, 6.45) is 0.394. The van der Waals surface area contributed by atoms with Crippen molar-refractivity contribution in [2.24, 2.45) is 0 Å². The Bertz CT molecular complexity index is 3340. The van der Waals surface area contributed by atoms with Gasteiger partial charge in [0.25, 0.3) is 0 Å². The van der Waals surface area contributed by atoms with Crippen molar-refractivity contribution in [3.05, 3.63) is 209 Å². The maximum atomic E-state index is 12.7. The third kappa shape index (κ3) is 15.9. The van der Waals surface area contributed by atoms with Gasteiger partial charge in [-0.15, -0.1) is 0 Å². The molecule has 15 nitrogen and oxygen atoms in total. The summed E-state index contributed by atoms with van der Waals surface area (Å²) >= 11 is 1.67. The number of likely N-dealkylation sites (N-methyl/N-ethyl adjacent to an activating group) is 1. The Morgan fingerprint density at radius 3 is 1.33 bits per heavy atom.